The number of H-pyrrole nitrogens is 2. The highest BCUT2D eigenvalue weighted by Gasteiger charge is 2.22. The molecule has 0 spiro atoms. The third kappa shape index (κ3) is 5.90. The van der Waals surface area contributed by atoms with Gasteiger partial charge in [0.25, 0.3) is 0 Å². The van der Waals surface area contributed by atoms with Gasteiger partial charge in [0, 0.05) is 56.4 Å². The van der Waals surface area contributed by atoms with Crippen molar-refractivity contribution in [1.29, 1.82) is 0 Å². The van der Waals surface area contributed by atoms with Gasteiger partial charge in [-0.15, -0.1) is 0 Å². The van der Waals surface area contributed by atoms with Gasteiger partial charge < -0.3 is 15.3 Å². The van der Waals surface area contributed by atoms with Crippen LogP contribution >= 0.6 is 0 Å². The highest BCUT2D eigenvalue weighted by molar-refractivity contribution is 5.96. The van der Waals surface area contributed by atoms with Crippen molar-refractivity contribution in [3.63, 3.8) is 0 Å². The van der Waals surface area contributed by atoms with Crippen molar-refractivity contribution < 1.29 is 0 Å². The van der Waals surface area contributed by atoms with Gasteiger partial charge in [0.1, 0.15) is 0 Å². The van der Waals surface area contributed by atoms with Crippen LogP contribution in [0.2, 0.25) is 0 Å². The number of aromatic nitrogens is 4. The predicted molar refractivity (Wildman–Crippen MR) is 218 cm³/mol. The molecule has 0 fully saturated rings. The highest BCUT2D eigenvalue weighted by Crippen LogP contribution is 2.39. The van der Waals surface area contributed by atoms with E-state index in [-0.39, 0.29) is 0 Å². The van der Waals surface area contributed by atoms with Crippen molar-refractivity contribution in [3.8, 4) is 44.5 Å². The lowest BCUT2D eigenvalue weighted by Gasteiger charge is -2.12. The van der Waals surface area contributed by atoms with Gasteiger partial charge in [-0.25, -0.2) is 9.97 Å². The summed E-state index contributed by atoms with van der Waals surface area (Å²) in [6, 6.07) is 45.3. The van der Waals surface area contributed by atoms with Crippen LogP contribution in [-0.4, -0.2) is 26.0 Å². The standard InChI is InChI=1S/C47H39N5/c1-30(2)48-35-20-18-34(19-21-35)47-42-28-26-40(51-42)45(32-14-8-4-9-15-32)38-24-22-36(49-38)44(31-12-6-3-7-13-31)37-23-25-39(50-37)46(33-16-10-5-11-17-33)41-27-29-43(47)52-41/h3-26,28,30,48-49,52H,27,29H2,1-2H3. The molecule has 52 heavy (non-hydrogen) atoms. The minimum atomic E-state index is 0.350. The maximum absolute atomic E-state index is 5.44. The number of benzene rings is 4. The lowest BCUT2D eigenvalue weighted by molar-refractivity contribution is 0.900. The summed E-state index contributed by atoms with van der Waals surface area (Å²) in [5.41, 5.74) is 18.0. The molecule has 9 rings (SSSR count). The smallest absolute Gasteiger partial charge is 0.0737 e. The summed E-state index contributed by atoms with van der Waals surface area (Å²) >= 11 is 0. The minimum Gasteiger partial charge on any atom is -0.383 e. The Kier molecular flexibility index (Phi) is 8.09. The van der Waals surface area contributed by atoms with Crippen LogP contribution in [0.4, 0.5) is 5.69 Å². The molecule has 3 aliphatic heterocycles. The molecule has 4 aromatic carbocycles. The van der Waals surface area contributed by atoms with Gasteiger partial charge in [-0.05, 0) is 97.5 Å². The SMILES string of the molecule is CC(C)Nc1ccc(-c2c3nc(c(-c4ccccc4)c4ccc([nH]4)c(-c4ccccc4)c4nc(c(-c5ccccc5)c5[nH]c2CC5)C=C4)C=C3)cc1. The second kappa shape index (κ2) is 13.3. The van der Waals surface area contributed by atoms with E-state index in [1.54, 1.807) is 0 Å². The summed E-state index contributed by atoms with van der Waals surface area (Å²) in [5, 5.41) is 3.54. The largest absolute Gasteiger partial charge is 0.383 e. The van der Waals surface area contributed by atoms with Crippen LogP contribution in [0.15, 0.2) is 127 Å². The Hall–Kier alpha value is -6.46. The normalized spacial score (nSPS) is 12.7. The summed E-state index contributed by atoms with van der Waals surface area (Å²) in [7, 11) is 0. The highest BCUT2D eigenvalue weighted by atomic mass is 14.9. The van der Waals surface area contributed by atoms with Crippen molar-refractivity contribution in [2.24, 2.45) is 0 Å². The number of anilines is 1. The topological polar surface area (TPSA) is 69.4 Å². The van der Waals surface area contributed by atoms with Gasteiger partial charge in [0.05, 0.1) is 22.8 Å². The maximum atomic E-state index is 5.44. The van der Waals surface area contributed by atoms with Crippen LogP contribution in [0.25, 0.3) is 79.8 Å². The molecular weight excluding hydrogens is 635 g/mol. The Morgan fingerprint density at radius 1 is 0.442 bits per heavy atom. The van der Waals surface area contributed by atoms with E-state index in [1.807, 2.05) is 0 Å². The van der Waals surface area contributed by atoms with E-state index in [0.29, 0.717) is 6.04 Å². The fourth-order valence-corrected chi connectivity index (χ4v) is 7.62. The van der Waals surface area contributed by atoms with Gasteiger partial charge in [0.2, 0.25) is 0 Å². The molecular formula is C47H39N5. The lowest BCUT2D eigenvalue weighted by Crippen LogP contribution is -2.09. The molecule has 252 valence electrons. The number of nitrogens with zero attached hydrogens (tertiary/aromatic N) is 2. The van der Waals surface area contributed by atoms with Crippen molar-refractivity contribution in [1.82, 2.24) is 19.9 Å². The van der Waals surface area contributed by atoms with Crippen molar-refractivity contribution >= 4 is 41.0 Å². The number of aromatic amines is 2. The molecule has 5 heteroatoms. The van der Waals surface area contributed by atoms with E-state index in [0.717, 1.165) is 103 Å². The molecule has 0 saturated carbocycles. The molecule has 0 saturated heterocycles. The monoisotopic (exact) mass is 673 g/mol. The number of fused-ring (bicyclic) bond motifs is 8. The molecule has 5 heterocycles. The maximum Gasteiger partial charge on any atom is 0.0737 e. The molecule has 8 bridgehead atoms. The first-order valence-electron chi connectivity index (χ1n) is 18.1. The van der Waals surface area contributed by atoms with Crippen LogP contribution in [0.1, 0.15) is 48.0 Å². The zero-order valence-electron chi connectivity index (χ0n) is 29.3. The van der Waals surface area contributed by atoms with Gasteiger partial charge in [-0.3, -0.25) is 0 Å². The first-order chi connectivity index (χ1) is 25.6. The van der Waals surface area contributed by atoms with Gasteiger partial charge >= 0.3 is 0 Å². The summed E-state index contributed by atoms with van der Waals surface area (Å²) in [6.07, 6.45) is 10.4. The minimum absolute atomic E-state index is 0.350. The van der Waals surface area contributed by atoms with E-state index in [2.05, 4.69) is 181 Å². The van der Waals surface area contributed by atoms with Gasteiger partial charge in [-0.1, -0.05) is 103 Å². The molecule has 0 unspecified atom stereocenters. The second-order valence-electron chi connectivity index (χ2n) is 13.8. The third-order valence-electron chi connectivity index (χ3n) is 9.88. The fourth-order valence-electron chi connectivity index (χ4n) is 7.62. The quantitative estimate of drug-likeness (QED) is 0.165. The Morgan fingerprint density at radius 2 is 0.827 bits per heavy atom. The number of hydrogen-bond acceptors (Lipinski definition) is 3. The number of aryl methyl sites for hydroxylation is 2. The van der Waals surface area contributed by atoms with E-state index in [1.165, 1.54) is 5.69 Å². The summed E-state index contributed by atoms with van der Waals surface area (Å²) < 4.78 is 0. The van der Waals surface area contributed by atoms with E-state index in [4.69, 9.17) is 9.97 Å². The van der Waals surface area contributed by atoms with Crippen molar-refractivity contribution in [2.75, 3.05) is 5.32 Å². The third-order valence-corrected chi connectivity index (χ3v) is 9.88. The zero-order chi connectivity index (χ0) is 35.0. The molecule has 3 N–H and O–H groups in total. The molecule has 0 atom stereocenters. The van der Waals surface area contributed by atoms with Crippen LogP contribution in [0.5, 0.6) is 0 Å². The predicted octanol–water partition coefficient (Wildman–Crippen LogP) is 11.7. The second-order valence-corrected chi connectivity index (χ2v) is 13.8. The van der Waals surface area contributed by atoms with Crippen LogP contribution < -0.4 is 5.32 Å². The van der Waals surface area contributed by atoms with E-state index < -0.39 is 0 Å². The van der Waals surface area contributed by atoms with Crippen LogP contribution in [-0.2, 0) is 12.8 Å². The van der Waals surface area contributed by atoms with Crippen LogP contribution in [0.3, 0.4) is 0 Å². The molecule has 6 aromatic rings. The molecule has 0 amide bonds. The summed E-state index contributed by atoms with van der Waals surface area (Å²) in [4.78, 5) is 18.6. The Balaban J connectivity index is 1.42. The first kappa shape index (κ1) is 31.5. The number of hydrogen-bond donors (Lipinski definition) is 3. The van der Waals surface area contributed by atoms with Crippen molar-refractivity contribution in [3.05, 3.63) is 162 Å². The molecule has 3 aliphatic rings. The Labute approximate surface area is 304 Å². The molecule has 0 radical (unpaired) electrons. The summed E-state index contributed by atoms with van der Waals surface area (Å²) in [5.74, 6) is 0. The molecule has 0 aliphatic carbocycles. The zero-order valence-corrected chi connectivity index (χ0v) is 29.3. The molecule has 5 nitrogen and oxygen atoms in total. The van der Waals surface area contributed by atoms with E-state index >= 15 is 0 Å². The average Bonchev–Trinajstić information content (AvgIpc) is 4.01. The van der Waals surface area contributed by atoms with Gasteiger partial charge in [0.15, 0.2) is 0 Å². The number of nitrogens with one attached hydrogen (secondary N) is 3. The fraction of sp³-hybridized carbons (Fsp3) is 0.106. The Bertz CT molecular complexity index is 2540. The molecule has 2 aromatic heterocycles. The lowest BCUT2D eigenvalue weighted by atomic mass is 9.99. The van der Waals surface area contributed by atoms with E-state index in [9.17, 15) is 0 Å². The van der Waals surface area contributed by atoms with Gasteiger partial charge in [-0.2, -0.15) is 0 Å². The first-order valence-corrected chi connectivity index (χ1v) is 18.1. The average molecular weight is 674 g/mol. The summed E-state index contributed by atoms with van der Waals surface area (Å²) in [6.45, 7) is 4.32. The Morgan fingerprint density at radius 3 is 1.25 bits per heavy atom. The van der Waals surface area contributed by atoms with Crippen molar-refractivity contribution in [2.45, 2.75) is 32.7 Å². The van der Waals surface area contributed by atoms with Crippen LogP contribution in [0, 0.1) is 0 Å². The number of rotatable bonds is 6.